The largest absolute Gasteiger partial charge is 0.370 e. The lowest BCUT2D eigenvalue weighted by molar-refractivity contribution is -0.0421. The van der Waals surface area contributed by atoms with Crippen LogP contribution in [0.5, 0.6) is 0 Å². The second-order valence-corrected chi connectivity index (χ2v) is 7.35. The number of thiophene rings is 1. The van der Waals surface area contributed by atoms with Crippen LogP contribution in [0.25, 0.3) is 10.2 Å². The maximum atomic E-state index is 12.5. The molecule has 0 bridgehead atoms. The maximum Gasteiger partial charge on any atom is 0.271 e. The Morgan fingerprint density at radius 3 is 3.05 bits per heavy atom. The van der Waals surface area contributed by atoms with Crippen molar-refractivity contribution in [3.8, 4) is 0 Å². The maximum absolute atomic E-state index is 12.5. The smallest absolute Gasteiger partial charge is 0.271 e. The SMILES string of the molecule is Cc1csc2c(=O)n(CC3CCC4(CCCC4)O3)cnc12. The Morgan fingerprint density at radius 2 is 2.24 bits per heavy atom. The van der Waals surface area contributed by atoms with Crippen LogP contribution in [0, 0.1) is 6.92 Å². The third kappa shape index (κ3) is 2.23. The van der Waals surface area contributed by atoms with Gasteiger partial charge in [-0.15, -0.1) is 11.3 Å². The lowest BCUT2D eigenvalue weighted by Gasteiger charge is -2.24. The highest BCUT2D eigenvalue weighted by molar-refractivity contribution is 7.17. The van der Waals surface area contributed by atoms with Gasteiger partial charge in [0.25, 0.3) is 5.56 Å². The number of hydrogen-bond donors (Lipinski definition) is 0. The Balaban J connectivity index is 1.58. The molecule has 112 valence electrons. The normalized spacial score (nSPS) is 24.3. The molecule has 0 amide bonds. The fourth-order valence-corrected chi connectivity index (χ4v) is 4.77. The highest BCUT2D eigenvalue weighted by Gasteiger charge is 2.42. The zero-order valence-electron chi connectivity index (χ0n) is 12.3. The molecule has 5 heteroatoms. The predicted molar refractivity (Wildman–Crippen MR) is 83.9 cm³/mol. The number of rotatable bonds is 2. The standard InChI is InChI=1S/C16H20N2O2S/c1-11-9-21-14-13(11)17-10-18(15(14)19)8-12-4-7-16(20-12)5-2-3-6-16/h9-10,12H,2-8H2,1H3. The van der Waals surface area contributed by atoms with Crippen molar-refractivity contribution in [3.05, 3.63) is 27.6 Å². The van der Waals surface area contributed by atoms with Crippen LogP contribution in [0.4, 0.5) is 0 Å². The van der Waals surface area contributed by atoms with E-state index in [-0.39, 0.29) is 17.3 Å². The van der Waals surface area contributed by atoms with E-state index in [1.807, 2.05) is 12.3 Å². The molecule has 1 atom stereocenters. The second kappa shape index (κ2) is 4.92. The molecule has 0 N–H and O–H groups in total. The minimum Gasteiger partial charge on any atom is -0.370 e. The van der Waals surface area contributed by atoms with Crippen LogP contribution in [-0.2, 0) is 11.3 Å². The molecule has 1 unspecified atom stereocenters. The highest BCUT2D eigenvalue weighted by Crippen LogP contribution is 2.43. The van der Waals surface area contributed by atoms with E-state index in [0.717, 1.165) is 28.6 Å². The Morgan fingerprint density at radius 1 is 1.43 bits per heavy atom. The number of aromatic nitrogens is 2. The molecular formula is C16H20N2O2S. The molecule has 21 heavy (non-hydrogen) atoms. The van der Waals surface area contributed by atoms with Gasteiger partial charge < -0.3 is 4.74 Å². The van der Waals surface area contributed by atoms with Gasteiger partial charge in [0.1, 0.15) is 4.70 Å². The van der Waals surface area contributed by atoms with E-state index in [0.29, 0.717) is 6.54 Å². The van der Waals surface area contributed by atoms with Crippen molar-refractivity contribution < 1.29 is 4.74 Å². The summed E-state index contributed by atoms with van der Waals surface area (Å²) in [6.07, 6.45) is 9.03. The number of hydrogen-bond acceptors (Lipinski definition) is 4. The van der Waals surface area contributed by atoms with Gasteiger partial charge in [-0.05, 0) is 43.6 Å². The summed E-state index contributed by atoms with van der Waals surface area (Å²) in [4.78, 5) is 17.0. The van der Waals surface area contributed by atoms with Crippen LogP contribution in [0.3, 0.4) is 0 Å². The summed E-state index contributed by atoms with van der Waals surface area (Å²) in [6, 6.07) is 0. The number of aryl methyl sites for hydroxylation is 1. The molecule has 1 saturated carbocycles. The fourth-order valence-electron chi connectivity index (χ4n) is 3.82. The first-order valence-corrected chi connectivity index (χ1v) is 8.66. The van der Waals surface area contributed by atoms with Crippen molar-refractivity contribution in [2.45, 2.75) is 63.7 Å². The van der Waals surface area contributed by atoms with E-state index < -0.39 is 0 Å². The molecule has 1 aliphatic carbocycles. The molecule has 2 aromatic heterocycles. The number of fused-ring (bicyclic) bond motifs is 1. The van der Waals surface area contributed by atoms with Gasteiger partial charge in [-0.2, -0.15) is 0 Å². The summed E-state index contributed by atoms with van der Waals surface area (Å²) in [7, 11) is 0. The first kappa shape index (κ1) is 13.5. The minimum absolute atomic E-state index is 0.0778. The molecule has 0 aromatic carbocycles. The molecule has 2 aromatic rings. The van der Waals surface area contributed by atoms with Gasteiger partial charge in [0.05, 0.1) is 30.1 Å². The summed E-state index contributed by atoms with van der Waals surface area (Å²) < 4.78 is 8.80. The monoisotopic (exact) mass is 304 g/mol. The Kier molecular flexibility index (Phi) is 3.15. The molecule has 3 heterocycles. The Bertz CT molecular complexity index is 727. The van der Waals surface area contributed by atoms with E-state index in [2.05, 4.69) is 4.98 Å². The summed E-state index contributed by atoms with van der Waals surface area (Å²) >= 11 is 1.49. The summed E-state index contributed by atoms with van der Waals surface area (Å²) in [5, 5.41) is 2.00. The predicted octanol–water partition coefficient (Wildman–Crippen LogP) is 3.26. The number of ether oxygens (including phenoxy) is 1. The Hall–Kier alpha value is -1.20. The van der Waals surface area contributed by atoms with E-state index in [9.17, 15) is 4.79 Å². The number of nitrogens with zero attached hydrogens (tertiary/aromatic N) is 2. The van der Waals surface area contributed by atoms with Gasteiger partial charge in [0.15, 0.2) is 0 Å². The average Bonchev–Trinajstić information content (AvgIpc) is 3.18. The average molecular weight is 304 g/mol. The van der Waals surface area contributed by atoms with Gasteiger partial charge in [0, 0.05) is 0 Å². The summed E-state index contributed by atoms with van der Waals surface area (Å²) in [6.45, 7) is 2.64. The molecule has 1 saturated heterocycles. The Labute approximate surface area is 127 Å². The molecule has 4 nitrogen and oxygen atoms in total. The molecule has 2 aliphatic rings. The van der Waals surface area contributed by atoms with Crippen molar-refractivity contribution in [1.82, 2.24) is 9.55 Å². The molecule has 1 spiro atoms. The van der Waals surface area contributed by atoms with Gasteiger partial charge in [-0.3, -0.25) is 9.36 Å². The van der Waals surface area contributed by atoms with Crippen LogP contribution in [0.1, 0.15) is 44.1 Å². The van der Waals surface area contributed by atoms with Crippen molar-refractivity contribution in [1.29, 1.82) is 0 Å². The van der Waals surface area contributed by atoms with E-state index in [1.54, 1.807) is 10.9 Å². The van der Waals surface area contributed by atoms with Crippen LogP contribution < -0.4 is 5.56 Å². The topological polar surface area (TPSA) is 44.1 Å². The lowest BCUT2D eigenvalue weighted by atomic mass is 9.98. The molecule has 1 aliphatic heterocycles. The molecule has 0 radical (unpaired) electrons. The first-order valence-electron chi connectivity index (χ1n) is 7.78. The van der Waals surface area contributed by atoms with E-state index in [4.69, 9.17) is 4.74 Å². The summed E-state index contributed by atoms with van der Waals surface area (Å²) in [5.74, 6) is 0. The van der Waals surface area contributed by atoms with Crippen LogP contribution in [0.2, 0.25) is 0 Å². The molecular weight excluding hydrogens is 284 g/mol. The highest BCUT2D eigenvalue weighted by atomic mass is 32.1. The lowest BCUT2D eigenvalue weighted by Crippen LogP contribution is -2.30. The van der Waals surface area contributed by atoms with Gasteiger partial charge >= 0.3 is 0 Å². The zero-order valence-corrected chi connectivity index (χ0v) is 13.1. The van der Waals surface area contributed by atoms with E-state index in [1.165, 1.54) is 37.0 Å². The fraction of sp³-hybridized carbons (Fsp3) is 0.625. The third-order valence-electron chi connectivity index (χ3n) is 4.98. The van der Waals surface area contributed by atoms with Gasteiger partial charge in [-0.1, -0.05) is 12.8 Å². The van der Waals surface area contributed by atoms with Crippen LogP contribution in [0.15, 0.2) is 16.5 Å². The van der Waals surface area contributed by atoms with Crippen molar-refractivity contribution in [2.75, 3.05) is 0 Å². The molecule has 4 rings (SSSR count). The van der Waals surface area contributed by atoms with Crippen molar-refractivity contribution in [2.24, 2.45) is 0 Å². The quantitative estimate of drug-likeness (QED) is 0.855. The van der Waals surface area contributed by atoms with Crippen LogP contribution in [-0.4, -0.2) is 21.3 Å². The van der Waals surface area contributed by atoms with Gasteiger partial charge in [-0.25, -0.2) is 4.98 Å². The molecule has 2 fully saturated rings. The van der Waals surface area contributed by atoms with Crippen molar-refractivity contribution in [3.63, 3.8) is 0 Å². The van der Waals surface area contributed by atoms with Gasteiger partial charge in [0.2, 0.25) is 0 Å². The van der Waals surface area contributed by atoms with Crippen molar-refractivity contribution >= 4 is 21.6 Å². The zero-order chi connectivity index (χ0) is 14.4. The second-order valence-electron chi connectivity index (χ2n) is 6.47. The summed E-state index contributed by atoms with van der Waals surface area (Å²) in [5.41, 5.74) is 2.14. The third-order valence-corrected chi connectivity index (χ3v) is 6.05. The van der Waals surface area contributed by atoms with E-state index >= 15 is 0 Å². The van der Waals surface area contributed by atoms with Crippen LogP contribution >= 0.6 is 11.3 Å². The first-order chi connectivity index (χ1) is 10.2. The minimum atomic E-state index is 0.0778.